The van der Waals surface area contributed by atoms with Crippen LogP contribution in [0.5, 0.6) is 0 Å². The average Bonchev–Trinajstić information content (AvgIpc) is 2.91. The molecule has 0 aliphatic heterocycles. The summed E-state index contributed by atoms with van der Waals surface area (Å²) in [6.45, 7) is 3.86. The molecule has 0 saturated carbocycles. The van der Waals surface area contributed by atoms with Crippen molar-refractivity contribution in [3.8, 4) is 0 Å². The van der Waals surface area contributed by atoms with Gasteiger partial charge in [0.25, 0.3) is 0 Å². The molecule has 4 nitrogen and oxygen atoms in total. The van der Waals surface area contributed by atoms with Gasteiger partial charge in [0.15, 0.2) is 5.89 Å². The number of aryl methyl sites for hydroxylation is 2. The van der Waals surface area contributed by atoms with Crippen molar-refractivity contribution in [1.82, 2.24) is 4.98 Å². The van der Waals surface area contributed by atoms with Crippen LogP contribution in [-0.2, 0) is 6.42 Å². The van der Waals surface area contributed by atoms with Crippen LogP contribution in [0.4, 0.5) is 0 Å². The minimum Gasteiger partial charge on any atom is -0.472 e. The van der Waals surface area contributed by atoms with E-state index in [1.54, 1.807) is 12.5 Å². The number of oxazole rings is 1. The number of hydrogen-bond acceptors (Lipinski definition) is 4. The minimum absolute atomic E-state index is 0.0152. The third kappa shape index (κ3) is 1.88. The summed E-state index contributed by atoms with van der Waals surface area (Å²) in [6.07, 6.45) is 3.96. The van der Waals surface area contributed by atoms with Gasteiger partial charge in [0.2, 0.25) is 0 Å². The second kappa shape index (κ2) is 4.53. The van der Waals surface area contributed by atoms with Crippen LogP contribution in [0, 0.1) is 6.92 Å². The normalized spacial score (nSPS) is 12.9. The molecule has 0 spiro atoms. The molecule has 2 aromatic heterocycles. The summed E-state index contributed by atoms with van der Waals surface area (Å²) in [7, 11) is 0. The predicted molar refractivity (Wildman–Crippen MR) is 58.3 cm³/mol. The van der Waals surface area contributed by atoms with Crippen LogP contribution in [-0.4, -0.2) is 16.7 Å². The first kappa shape index (κ1) is 11.0. The first-order chi connectivity index (χ1) is 7.76. The van der Waals surface area contributed by atoms with Crippen LogP contribution in [0.15, 0.2) is 27.4 Å². The van der Waals surface area contributed by atoms with Gasteiger partial charge in [0, 0.05) is 12.0 Å². The zero-order valence-corrected chi connectivity index (χ0v) is 9.43. The average molecular weight is 221 g/mol. The molecule has 2 rings (SSSR count). The Morgan fingerprint density at radius 2 is 2.31 bits per heavy atom. The Morgan fingerprint density at radius 3 is 2.81 bits per heavy atom. The summed E-state index contributed by atoms with van der Waals surface area (Å²) in [5.74, 6) is 1.24. The maximum atomic E-state index is 9.43. The zero-order valence-electron chi connectivity index (χ0n) is 9.43. The van der Waals surface area contributed by atoms with Crippen molar-refractivity contribution in [2.75, 3.05) is 6.61 Å². The van der Waals surface area contributed by atoms with Crippen LogP contribution < -0.4 is 0 Å². The van der Waals surface area contributed by atoms with Gasteiger partial charge in [0.1, 0.15) is 5.76 Å². The lowest BCUT2D eigenvalue weighted by molar-refractivity contribution is 0.263. The van der Waals surface area contributed by atoms with Crippen LogP contribution in [0.25, 0.3) is 0 Å². The fourth-order valence-electron chi connectivity index (χ4n) is 1.75. The molecule has 0 saturated heterocycles. The molecule has 0 aliphatic rings. The van der Waals surface area contributed by atoms with E-state index < -0.39 is 0 Å². The maximum Gasteiger partial charge on any atom is 0.194 e. The highest BCUT2D eigenvalue weighted by Crippen LogP contribution is 2.28. The Balaban J connectivity index is 2.37. The Labute approximate surface area is 93.9 Å². The van der Waals surface area contributed by atoms with E-state index in [0.29, 0.717) is 5.89 Å². The molecule has 0 radical (unpaired) electrons. The second-order valence-electron chi connectivity index (χ2n) is 3.70. The predicted octanol–water partition coefficient (Wildman–Crippen LogP) is 2.26. The highest BCUT2D eigenvalue weighted by Gasteiger charge is 2.21. The van der Waals surface area contributed by atoms with Crippen molar-refractivity contribution < 1.29 is 13.9 Å². The molecule has 4 heteroatoms. The van der Waals surface area contributed by atoms with Gasteiger partial charge < -0.3 is 13.9 Å². The van der Waals surface area contributed by atoms with Gasteiger partial charge in [-0.1, -0.05) is 6.92 Å². The summed E-state index contributed by atoms with van der Waals surface area (Å²) in [6, 6.07) is 1.83. The van der Waals surface area contributed by atoms with E-state index in [4.69, 9.17) is 8.83 Å². The van der Waals surface area contributed by atoms with Crippen LogP contribution in [0.2, 0.25) is 0 Å². The SMILES string of the molecule is CCc1nc(C)c(C(CO)c2ccoc2)o1. The summed E-state index contributed by atoms with van der Waals surface area (Å²) in [5, 5.41) is 9.43. The van der Waals surface area contributed by atoms with E-state index in [1.807, 2.05) is 19.9 Å². The molecular weight excluding hydrogens is 206 g/mol. The lowest BCUT2D eigenvalue weighted by atomic mass is 9.99. The topological polar surface area (TPSA) is 59.4 Å². The van der Waals surface area contributed by atoms with Crippen LogP contribution >= 0.6 is 0 Å². The molecule has 1 N–H and O–H groups in total. The van der Waals surface area contributed by atoms with Crippen molar-refractivity contribution in [3.05, 3.63) is 41.5 Å². The van der Waals surface area contributed by atoms with Crippen molar-refractivity contribution in [2.24, 2.45) is 0 Å². The molecule has 86 valence electrons. The molecule has 1 atom stereocenters. The Kier molecular flexibility index (Phi) is 3.10. The standard InChI is InChI=1S/C12H15NO3/c1-3-11-13-8(2)12(16-11)10(6-14)9-4-5-15-7-9/h4-5,7,10,14H,3,6H2,1-2H3. The molecular formula is C12H15NO3. The van der Waals surface area contributed by atoms with Crippen molar-refractivity contribution >= 4 is 0 Å². The van der Waals surface area contributed by atoms with Gasteiger partial charge in [-0.15, -0.1) is 0 Å². The first-order valence-electron chi connectivity index (χ1n) is 5.35. The van der Waals surface area contributed by atoms with E-state index in [0.717, 1.165) is 23.4 Å². The molecule has 1 unspecified atom stereocenters. The molecule has 0 aromatic carbocycles. The Morgan fingerprint density at radius 1 is 1.50 bits per heavy atom. The van der Waals surface area contributed by atoms with Crippen molar-refractivity contribution in [2.45, 2.75) is 26.2 Å². The number of nitrogens with zero attached hydrogens (tertiary/aromatic N) is 1. The van der Waals surface area contributed by atoms with Crippen molar-refractivity contribution in [3.63, 3.8) is 0 Å². The molecule has 0 fully saturated rings. The van der Waals surface area contributed by atoms with E-state index in [2.05, 4.69) is 4.98 Å². The zero-order chi connectivity index (χ0) is 11.5. The first-order valence-corrected chi connectivity index (χ1v) is 5.35. The van der Waals surface area contributed by atoms with Gasteiger partial charge in [-0.25, -0.2) is 4.98 Å². The van der Waals surface area contributed by atoms with Gasteiger partial charge in [0.05, 0.1) is 30.7 Å². The van der Waals surface area contributed by atoms with E-state index in [1.165, 1.54) is 0 Å². The van der Waals surface area contributed by atoms with Crippen molar-refractivity contribution in [1.29, 1.82) is 0 Å². The highest BCUT2D eigenvalue weighted by molar-refractivity contribution is 5.26. The second-order valence-corrected chi connectivity index (χ2v) is 3.70. The fraction of sp³-hybridized carbons (Fsp3) is 0.417. The molecule has 2 aromatic rings. The van der Waals surface area contributed by atoms with E-state index >= 15 is 0 Å². The number of aliphatic hydroxyl groups excluding tert-OH is 1. The highest BCUT2D eigenvalue weighted by atomic mass is 16.4. The van der Waals surface area contributed by atoms with Crippen LogP contribution in [0.3, 0.4) is 0 Å². The third-order valence-corrected chi connectivity index (χ3v) is 2.62. The lowest BCUT2D eigenvalue weighted by Crippen LogP contribution is -2.05. The Hall–Kier alpha value is -1.55. The summed E-state index contributed by atoms with van der Waals surface area (Å²) in [5.41, 5.74) is 1.74. The maximum absolute atomic E-state index is 9.43. The quantitative estimate of drug-likeness (QED) is 0.860. The van der Waals surface area contributed by atoms with Gasteiger partial charge >= 0.3 is 0 Å². The van der Waals surface area contributed by atoms with Crippen LogP contribution in [0.1, 0.15) is 35.7 Å². The lowest BCUT2D eigenvalue weighted by Gasteiger charge is -2.09. The minimum atomic E-state index is -0.188. The number of hydrogen-bond donors (Lipinski definition) is 1. The summed E-state index contributed by atoms with van der Waals surface area (Å²) >= 11 is 0. The molecule has 0 aliphatic carbocycles. The summed E-state index contributed by atoms with van der Waals surface area (Å²) in [4.78, 5) is 4.30. The van der Waals surface area contributed by atoms with Gasteiger partial charge in [-0.05, 0) is 13.0 Å². The number of furan rings is 1. The Bertz CT molecular complexity index is 445. The molecule has 0 amide bonds. The largest absolute Gasteiger partial charge is 0.472 e. The fourth-order valence-corrected chi connectivity index (χ4v) is 1.75. The number of aromatic nitrogens is 1. The summed E-state index contributed by atoms with van der Waals surface area (Å²) < 4.78 is 10.6. The van der Waals surface area contributed by atoms with Gasteiger partial charge in [-0.2, -0.15) is 0 Å². The van der Waals surface area contributed by atoms with E-state index in [-0.39, 0.29) is 12.5 Å². The third-order valence-electron chi connectivity index (χ3n) is 2.62. The molecule has 16 heavy (non-hydrogen) atoms. The smallest absolute Gasteiger partial charge is 0.194 e. The number of rotatable bonds is 4. The monoisotopic (exact) mass is 221 g/mol. The van der Waals surface area contributed by atoms with E-state index in [9.17, 15) is 5.11 Å². The molecule has 2 heterocycles. The van der Waals surface area contributed by atoms with Gasteiger partial charge in [-0.3, -0.25) is 0 Å². The molecule has 0 bridgehead atoms. The number of aliphatic hydroxyl groups is 1.